The Morgan fingerprint density at radius 1 is 0.846 bits per heavy atom. The van der Waals surface area contributed by atoms with E-state index in [1.54, 1.807) is 0 Å². The van der Waals surface area contributed by atoms with Gasteiger partial charge in [-0.25, -0.2) is 0 Å². The van der Waals surface area contributed by atoms with Crippen LogP contribution in [0.4, 0.5) is 0 Å². The molecule has 2 aliphatic carbocycles. The van der Waals surface area contributed by atoms with Crippen molar-refractivity contribution in [1.82, 2.24) is 0 Å². The van der Waals surface area contributed by atoms with Crippen LogP contribution in [0.25, 0.3) is 0 Å². The van der Waals surface area contributed by atoms with Crippen molar-refractivity contribution in [2.75, 3.05) is 0 Å². The van der Waals surface area contributed by atoms with Crippen molar-refractivity contribution < 1.29 is 9.53 Å². The lowest BCUT2D eigenvalue weighted by Crippen LogP contribution is -2.30. The molecule has 2 unspecified atom stereocenters. The smallest absolute Gasteiger partial charge is 0.309 e. The Kier molecular flexibility index (Phi) is 7.64. The first kappa shape index (κ1) is 20.0. The number of ether oxygens (including phenoxy) is 1. The van der Waals surface area contributed by atoms with Gasteiger partial charge in [-0.2, -0.15) is 0 Å². The molecule has 2 heteroatoms. The van der Waals surface area contributed by atoms with Gasteiger partial charge in [0.2, 0.25) is 0 Å². The average Bonchev–Trinajstić information content (AvgIpc) is 2.66. The summed E-state index contributed by atoms with van der Waals surface area (Å²) in [5.41, 5.74) is 0. The quantitative estimate of drug-likeness (QED) is 0.373. The zero-order valence-corrected chi connectivity index (χ0v) is 17.0. The highest BCUT2D eigenvalue weighted by Gasteiger charge is 2.32. The van der Waals surface area contributed by atoms with Crippen LogP contribution in [0, 0.1) is 29.6 Å². The maximum atomic E-state index is 12.0. The monoisotopic (exact) mass is 360 g/mol. The minimum Gasteiger partial charge on any atom is -0.462 e. The van der Waals surface area contributed by atoms with Crippen LogP contribution in [-0.2, 0) is 9.53 Å². The Hall–Kier alpha value is -0.790. The molecule has 2 nitrogen and oxygen atoms in total. The third kappa shape index (κ3) is 5.60. The largest absolute Gasteiger partial charge is 0.462 e. The Balaban J connectivity index is 1.32. The van der Waals surface area contributed by atoms with E-state index in [4.69, 9.17) is 4.74 Å². The van der Waals surface area contributed by atoms with E-state index < -0.39 is 0 Å². The predicted octanol–water partition coefficient (Wildman–Crippen LogP) is 6.69. The molecule has 0 aromatic heterocycles. The van der Waals surface area contributed by atoms with Crippen molar-refractivity contribution in [2.24, 2.45) is 29.6 Å². The van der Waals surface area contributed by atoms with E-state index in [1.807, 2.05) is 6.92 Å². The van der Waals surface area contributed by atoms with Gasteiger partial charge in [-0.05, 0) is 94.8 Å². The van der Waals surface area contributed by atoms with Crippen molar-refractivity contribution in [3.63, 3.8) is 0 Å². The molecule has 0 amide bonds. The first-order valence-electron chi connectivity index (χ1n) is 11.5. The lowest BCUT2D eigenvalue weighted by molar-refractivity contribution is -0.159. The third-order valence-electron chi connectivity index (χ3n) is 7.72. The maximum absolute atomic E-state index is 12.0. The summed E-state index contributed by atoms with van der Waals surface area (Å²) in [4.78, 5) is 12.0. The molecule has 148 valence electrons. The van der Waals surface area contributed by atoms with E-state index in [9.17, 15) is 4.79 Å². The van der Waals surface area contributed by atoms with E-state index in [1.165, 1.54) is 70.6 Å². The molecule has 3 aliphatic rings. The molecule has 0 radical (unpaired) electrons. The fourth-order valence-corrected chi connectivity index (χ4v) is 5.86. The van der Waals surface area contributed by atoms with Crippen LogP contribution in [0.5, 0.6) is 0 Å². The third-order valence-corrected chi connectivity index (χ3v) is 7.72. The molecule has 1 saturated heterocycles. The average molecular weight is 361 g/mol. The zero-order chi connectivity index (χ0) is 18.4. The van der Waals surface area contributed by atoms with Crippen LogP contribution in [0.2, 0.25) is 0 Å². The second-order valence-electron chi connectivity index (χ2n) is 9.53. The molecular weight excluding hydrogens is 320 g/mol. The molecule has 26 heavy (non-hydrogen) atoms. The predicted molar refractivity (Wildman–Crippen MR) is 108 cm³/mol. The molecule has 2 atom stereocenters. The minimum absolute atomic E-state index is 0.0747. The highest BCUT2D eigenvalue weighted by Crippen LogP contribution is 2.43. The van der Waals surface area contributed by atoms with Gasteiger partial charge in [0.25, 0.3) is 0 Å². The van der Waals surface area contributed by atoms with E-state index >= 15 is 0 Å². The minimum atomic E-state index is 0.0747. The Bertz CT molecular complexity index is 441. The van der Waals surface area contributed by atoms with Crippen LogP contribution in [0.15, 0.2) is 12.7 Å². The second kappa shape index (κ2) is 9.95. The highest BCUT2D eigenvalue weighted by molar-refractivity contribution is 5.73. The molecule has 0 bridgehead atoms. The van der Waals surface area contributed by atoms with Gasteiger partial charge < -0.3 is 4.74 Å². The molecule has 1 heterocycles. The van der Waals surface area contributed by atoms with E-state index in [-0.39, 0.29) is 18.0 Å². The van der Waals surface area contributed by atoms with Crippen molar-refractivity contribution >= 4 is 5.97 Å². The fraction of sp³-hybridized carbons (Fsp3) is 0.875. The van der Waals surface area contributed by atoms with Crippen molar-refractivity contribution in [1.29, 1.82) is 0 Å². The molecule has 3 fully saturated rings. The summed E-state index contributed by atoms with van der Waals surface area (Å²) in [6.45, 7) is 5.88. The summed E-state index contributed by atoms with van der Waals surface area (Å²) < 4.78 is 5.42. The van der Waals surface area contributed by atoms with E-state index in [2.05, 4.69) is 12.7 Å². The van der Waals surface area contributed by atoms with Gasteiger partial charge in [0.15, 0.2) is 0 Å². The van der Waals surface area contributed by atoms with Crippen LogP contribution in [0.1, 0.15) is 96.8 Å². The van der Waals surface area contributed by atoms with Gasteiger partial charge in [-0.1, -0.05) is 31.8 Å². The first-order valence-corrected chi connectivity index (χ1v) is 11.5. The summed E-state index contributed by atoms with van der Waals surface area (Å²) in [5, 5.41) is 0. The van der Waals surface area contributed by atoms with E-state index in [0.717, 1.165) is 42.9 Å². The molecule has 2 saturated carbocycles. The second-order valence-corrected chi connectivity index (χ2v) is 9.53. The fourth-order valence-electron chi connectivity index (χ4n) is 5.86. The molecule has 0 aromatic carbocycles. The molecule has 0 aromatic rings. The SMILES string of the molecule is C=CCCC1CCC(C2CCC(CCC3CCC(C)OC3=O)CC2)CC1. The summed E-state index contributed by atoms with van der Waals surface area (Å²) in [6, 6.07) is 0. The number of cyclic esters (lactones) is 1. The topological polar surface area (TPSA) is 26.3 Å². The Labute approximate surface area is 161 Å². The highest BCUT2D eigenvalue weighted by atomic mass is 16.5. The number of hydrogen-bond acceptors (Lipinski definition) is 2. The Morgan fingerprint density at radius 2 is 1.42 bits per heavy atom. The summed E-state index contributed by atoms with van der Waals surface area (Å²) >= 11 is 0. The van der Waals surface area contributed by atoms with Crippen LogP contribution >= 0.6 is 0 Å². The van der Waals surface area contributed by atoms with Crippen molar-refractivity contribution in [3.05, 3.63) is 12.7 Å². The summed E-state index contributed by atoms with van der Waals surface area (Å²) in [6.07, 6.45) is 20.8. The molecule has 0 spiro atoms. The lowest BCUT2D eigenvalue weighted by atomic mass is 9.68. The Morgan fingerprint density at radius 3 is 1.96 bits per heavy atom. The molecule has 0 N–H and O–H groups in total. The van der Waals surface area contributed by atoms with Crippen LogP contribution < -0.4 is 0 Å². The summed E-state index contributed by atoms with van der Waals surface area (Å²) in [5.74, 6) is 4.10. The van der Waals surface area contributed by atoms with E-state index in [0.29, 0.717) is 0 Å². The van der Waals surface area contributed by atoms with Crippen LogP contribution in [-0.4, -0.2) is 12.1 Å². The van der Waals surface area contributed by atoms with Gasteiger partial charge in [-0.3, -0.25) is 4.79 Å². The number of allylic oxidation sites excluding steroid dienone is 1. The normalized spacial score (nSPS) is 38.6. The van der Waals surface area contributed by atoms with Gasteiger partial charge in [0, 0.05) is 0 Å². The van der Waals surface area contributed by atoms with Crippen LogP contribution in [0.3, 0.4) is 0 Å². The first-order chi connectivity index (χ1) is 12.7. The maximum Gasteiger partial charge on any atom is 0.309 e. The number of rotatable bonds is 7. The van der Waals surface area contributed by atoms with Gasteiger partial charge in [-0.15, -0.1) is 6.58 Å². The van der Waals surface area contributed by atoms with Crippen molar-refractivity contribution in [3.8, 4) is 0 Å². The number of hydrogen-bond donors (Lipinski definition) is 0. The van der Waals surface area contributed by atoms with Gasteiger partial charge >= 0.3 is 5.97 Å². The molecule has 3 rings (SSSR count). The molecule has 1 aliphatic heterocycles. The standard InChI is InChI=1S/C24H40O2/c1-3-4-5-19-7-13-21(14-8-19)22-15-9-20(10-16-22)11-17-23-12-6-18(2)26-24(23)25/h3,18-23H,1,4-17H2,2H3. The van der Waals surface area contributed by atoms with Crippen molar-refractivity contribution in [2.45, 2.75) is 103 Å². The summed E-state index contributed by atoms with van der Waals surface area (Å²) in [7, 11) is 0. The van der Waals surface area contributed by atoms with Gasteiger partial charge in [0.1, 0.15) is 0 Å². The lowest BCUT2D eigenvalue weighted by Gasteiger charge is -2.38. The number of carbonyl (C=O) groups is 1. The molecular formula is C24H40O2. The number of carbonyl (C=O) groups excluding carboxylic acids is 1. The van der Waals surface area contributed by atoms with Gasteiger partial charge in [0.05, 0.1) is 12.0 Å². The number of esters is 1. The zero-order valence-electron chi connectivity index (χ0n) is 17.0.